The lowest BCUT2D eigenvalue weighted by Gasteiger charge is -2.31. The number of carbonyl (C=O) groups excluding carboxylic acids is 4. The Hall–Kier alpha value is -3.52. The van der Waals surface area contributed by atoms with Crippen molar-refractivity contribution in [2.24, 2.45) is 23.5 Å². The van der Waals surface area contributed by atoms with E-state index >= 15 is 0 Å². The number of allylic oxidation sites excluding steroid dienone is 1. The largest absolute Gasteiger partial charge is 0.444 e. The number of fused-ring (bicyclic) bond motifs is 3. The average Bonchev–Trinajstić information content (AvgIpc) is 3.83. The molecule has 0 aromatic heterocycles. The highest BCUT2D eigenvalue weighted by atomic mass is 32.2. The number of carbonyl (C=O) groups is 4. The monoisotopic (exact) mass is 687 g/mol. The molecule has 262 valence electrons. The van der Waals surface area contributed by atoms with Gasteiger partial charge in [-0.2, -0.15) is 0 Å². The molecule has 6 rings (SSSR count). The van der Waals surface area contributed by atoms with Gasteiger partial charge in [-0.3, -0.25) is 24.0 Å². The normalized spacial score (nSPS) is 33.7. The molecule has 0 spiro atoms. The second-order valence-electron chi connectivity index (χ2n) is 14.7. The molecule has 7 atom stereocenters. The average molecular weight is 688 g/mol. The Morgan fingerprint density at radius 3 is 2.62 bits per heavy atom. The molecule has 2 unspecified atom stereocenters. The van der Waals surface area contributed by atoms with Gasteiger partial charge in [-0.15, -0.1) is 0 Å². The lowest BCUT2D eigenvalue weighted by molar-refractivity contribution is -0.141. The summed E-state index contributed by atoms with van der Waals surface area (Å²) in [7, 11) is -3.97. The van der Waals surface area contributed by atoms with Crippen LogP contribution in [0.5, 0.6) is 0 Å². The Bertz CT molecular complexity index is 1630. The number of nitrogens with two attached hydrogens (primary N) is 1. The predicted molar refractivity (Wildman–Crippen MR) is 174 cm³/mol. The van der Waals surface area contributed by atoms with Crippen molar-refractivity contribution in [3.8, 4) is 0 Å². The summed E-state index contributed by atoms with van der Waals surface area (Å²) in [6.07, 6.45) is 6.19. The number of sulfonamides is 1. The predicted octanol–water partition coefficient (Wildman–Crippen LogP) is 2.85. The van der Waals surface area contributed by atoms with Crippen LogP contribution in [0.4, 0.5) is 9.18 Å². The number of hydrogen-bond acceptors (Lipinski definition) is 8. The van der Waals surface area contributed by atoms with Gasteiger partial charge in [0.2, 0.25) is 21.8 Å². The van der Waals surface area contributed by atoms with Gasteiger partial charge in [0.05, 0.1) is 23.9 Å². The maximum absolute atomic E-state index is 14.3. The number of halogens is 1. The molecule has 3 aliphatic heterocycles. The van der Waals surface area contributed by atoms with Crippen molar-refractivity contribution in [1.82, 2.24) is 19.8 Å². The van der Waals surface area contributed by atoms with Crippen LogP contribution in [-0.4, -0.2) is 77.1 Å². The first-order valence-electron chi connectivity index (χ1n) is 17.0. The highest BCUT2D eigenvalue weighted by Gasteiger charge is 2.63. The molecule has 1 aromatic rings. The van der Waals surface area contributed by atoms with Crippen LogP contribution in [0.1, 0.15) is 83.3 Å². The zero-order valence-corrected chi connectivity index (χ0v) is 28.6. The second kappa shape index (κ2) is 12.7. The Labute approximate surface area is 281 Å². The van der Waals surface area contributed by atoms with Gasteiger partial charge in [-0.05, 0) is 68.9 Å². The number of nitrogens with zero attached hydrogens (tertiary/aromatic N) is 2. The first-order chi connectivity index (χ1) is 22.7. The molecule has 3 fully saturated rings. The molecular formula is C34H46FN5O7S. The van der Waals surface area contributed by atoms with Crippen molar-refractivity contribution in [3.63, 3.8) is 0 Å². The highest BCUT2D eigenvalue weighted by Crippen LogP contribution is 2.47. The zero-order valence-electron chi connectivity index (χ0n) is 27.7. The zero-order chi connectivity index (χ0) is 34.6. The van der Waals surface area contributed by atoms with E-state index in [0.717, 1.165) is 12.8 Å². The fourth-order valence-corrected chi connectivity index (χ4v) is 8.72. The van der Waals surface area contributed by atoms with Crippen LogP contribution in [0.2, 0.25) is 0 Å². The first kappa shape index (κ1) is 34.3. The van der Waals surface area contributed by atoms with Crippen molar-refractivity contribution in [1.29, 1.82) is 0 Å². The van der Waals surface area contributed by atoms with E-state index in [1.807, 2.05) is 19.1 Å². The summed E-state index contributed by atoms with van der Waals surface area (Å²) in [6, 6.07) is 2.63. The van der Waals surface area contributed by atoms with Gasteiger partial charge in [-0.1, -0.05) is 44.6 Å². The van der Waals surface area contributed by atoms with E-state index in [0.29, 0.717) is 36.8 Å². The smallest absolute Gasteiger partial charge is 0.410 e. The highest BCUT2D eigenvalue weighted by molar-refractivity contribution is 7.91. The van der Waals surface area contributed by atoms with E-state index < -0.39 is 74.0 Å². The third kappa shape index (κ3) is 6.45. The third-order valence-electron chi connectivity index (χ3n) is 11.1. The summed E-state index contributed by atoms with van der Waals surface area (Å²) in [5.41, 5.74) is 6.18. The molecule has 3 heterocycles. The number of benzene rings is 1. The van der Waals surface area contributed by atoms with E-state index in [-0.39, 0.29) is 44.3 Å². The maximum Gasteiger partial charge on any atom is 0.410 e. The standard InChI is InChI=1S/C34H46FN5O7S/c1-4-21-14-20(2)8-5-6-10-23-16-34(23,31(43)38-48(45,46)33(3)12-13-33)37-29(41)27-15-24(18-40(27)30(42)28(21)36)47-32(44)39-17-22-9-7-11-26(35)25(22)19-39/h6-7,9-11,20-21,23-24,27-28H,4-5,8,12-19,36H2,1-3H3,(H,37,41)(H,38,43)/b10-6-/t20?,21-,23?,24-,27+,28+,34-/m1/s1. The molecular weight excluding hydrogens is 641 g/mol. The van der Waals surface area contributed by atoms with Crippen LogP contribution in [-0.2, 0) is 42.2 Å². The fourth-order valence-electron chi connectivity index (χ4n) is 7.40. The SMILES string of the molecule is CC[C@@H]1CC(C)CC/C=C\C2C[C@@]2(C(=O)NS(=O)(=O)C2(C)CC2)NC(=O)[C@@H]2C[C@@H](OC(=O)N3Cc4cccc(F)c4C3)CN2C(=O)[C@H]1N. The number of amides is 4. The molecule has 14 heteroatoms. The van der Waals surface area contributed by atoms with Gasteiger partial charge in [-0.25, -0.2) is 17.6 Å². The summed E-state index contributed by atoms with van der Waals surface area (Å²) < 4.78 is 47.4. The molecule has 1 saturated heterocycles. The van der Waals surface area contributed by atoms with Crippen molar-refractivity contribution in [2.75, 3.05) is 6.54 Å². The lowest BCUT2D eigenvalue weighted by atomic mass is 9.85. The van der Waals surface area contributed by atoms with Crippen LogP contribution >= 0.6 is 0 Å². The van der Waals surface area contributed by atoms with E-state index in [9.17, 15) is 32.0 Å². The topological polar surface area (TPSA) is 168 Å². The minimum Gasteiger partial charge on any atom is -0.444 e. The molecule has 4 N–H and O–H groups in total. The van der Waals surface area contributed by atoms with Gasteiger partial charge < -0.3 is 20.7 Å². The van der Waals surface area contributed by atoms with Crippen LogP contribution in [0, 0.1) is 23.6 Å². The Morgan fingerprint density at radius 1 is 1.19 bits per heavy atom. The molecule has 2 aliphatic carbocycles. The Morgan fingerprint density at radius 2 is 1.94 bits per heavy atom. The van der Waals surface area contributed by atoms with E-state index in [1.54, 1.807) is 19.1 Å². The van der Waals surface area contributed by atoms with Crippen LogP contribution in [0.3, 0.4) is 0 Å². The van der Waals surface area contributed by atoms with Crippen molar-refractivity contribution >= 4 is 33.8 Å². The van der Waals surface area contributed by atoms with Gasteiger partial charge in [0.15, 0.2) is 0 Å². The molecule has 2 saturated carbocycles. The third-order valence-corrected chi connectivity index (χ3v) is 13.3. The number of ether oxygens (including phenoxy) is 1. The van der Waals surface area contributed by atoms with Gasteiger partial charge in [0, 0.05) is 24.4 Å². The van der Waals surface area contributed by atoms with Gasteiger partial charge in [0.1, 0.15) is 23.5 Å². The van der Waals surface area contributed by atoms with E-state index in [2.05, 4.69) is 17.0 Å². The van der Waals surface area contributed by atoms with Crippen LogP contribution in [0.15, 0.2) is 30.4 Å². The van der Waals surface area contributed by atoms with Crippen molar-refractivity contribution in [3.05, 3.63) is 47.3 Å². The summed E-state index contributed by atoms with van der Waals surface area (Å²) in [5, 5.41) is 2.83. The first-order valence-corrected chi connectivity index (χ1v) is 18.5. The lowest BCUT2D eigenvalue weighted by Crippen LogP contribution is -2.58. The molecule has 5 aliphatic rings. The van der Waals surface area contributed by atoms with Crippen LogP contribution in [0.25, 0.3) is 0 Å². The van der Waals surface area contributed by atoms with Crippen molar-refractivity contribution < 1.29 is 36.7 Å². The summed E-state index contributed by atoms with van der Waals surface area (Å²) in [5.74, 6) is -2.66. The molecule has 1 aromatic carbocycles. The summed E-state index contributed by atoms with van der Waals surface area (Å²) >= 11 is 0. The van der Waals surface area contributed by atoms with Gasteiger partial charge in [0.25, 0.3) is 5.91 Å². The quantitative estimate of drug-likeness (QED) is 0.397. The van der Waals surface area contributed by atoms with E-state index in [1.165, 1.54) is 15.9 Å². The molecule has 0 radical (unpaired) electrons. The summed E-state index contributed by atoms with van der Waals surface area (Å²) in [4.78, 5) is 57.7. The fraction of sp³-hybridized carbons (Fsp3) is 0.647. The Balaban J connectivity index is 1.25. The maximum atomic E-state index is 14.3. The van der Waals surface area contributed by atoms with Crippen molar-refractivity contribution in [2.45, 2.75) is 114 Å². The minimum absolute atomic E-state index is 0.0375. The molecule has 4 amide bonds. The molecule has 0 bridgehead atoms. The Kier molecular flexibility index (Phi) is 9.12. The molecule has 12 nitrogen and oxygen atoms in total. The summed E-state index contributed by atoms with van der Waals surface area (Å²) in [6.45, 7) is 5.77. The second-order valence-corrected chi connectivity index (χ2v) is 16.9. The number of nitrogens with one attached hydrogen (secondary N) is 2. The van der Waals surface area contributed by atoms with E-state index in [4.69, 9.17) is 10.5 Å². The number of rotatable bonds is 5. The van der Waals surface area contributed by atoms with Crippen LogP contribution < -0.4 is 15.8 Å². The minimum atomic E-state index is -3.97. The molecule has 48 heavy (non-hydrogen) atoms. The van der Waals surface area contributed by atoms with Gasteiger partial charge >= 0.3 is 6.09 Å². The number of hydrogen-bond donors (Lipinski definition) is 3.